The molecule has 1 saturated heterocycles. The summed E-state index contributed by atoms with van der Waals surface area (Å²) in [5.41, 5.74) is 3.25. The Morgan fingerprint density at radius 1 is 1.43 bits per heavy atom. The molecule has 1 N–H and O–H groups in total. The van der Waals surface area contributed by atoms with Gasteiger partial charge in [0.2, 0.25) is 0 Å². The monoisotopic (exact) mass is 287 g/mol. The summed E-state index contributed by atoms with van der Waals surface area (Å²) in [6, 6.07) is 6.77. The van der Waals surface area contributed by atoms with E-state index in [0.717, 1.165) is 42.8 Å². The number of benzene rings is 1. The zero-order valence-corrected chi connectivity index (χ0v) is 12.5. The molecule has 21 heavy (non-hydrogen) atoms. The lowest BCUT2D eigenvalue weighted by Crippen LogP contribution is -2.33. The van der Waals surface area contributed by atoms with Crippen molar-refractivity contribution in [3.05, 3.63) is 30.1 Å². The van der Waals surface area contributed by atoms with Crippen LogP contribution in [0.15, 0.2) is 24.5 Å². The van der Waals surface area contributed by atoms with E-state index in [2.05, 4.69) is 52.9 Å². The fourth-order valence-corrected chi connectivity index (χ4v) is 2.75. The van der Waals surface area contributed by atoms with Crippen LogP contribution in [0.2, 0.25) is 0 Å². The van der Waals surface area contributed by atoms with Crippen LogP contribution in [0.4, 0.5) is 5.69 Å². The lowest BCUT2D eigenvalue weighted by Gasteiger charge is -2.30. The second-order valence-electron chi connectivity index (χ2n) is 5.52. The molecule has 112 valence electrons. The molecule has 1 fully saturated rings. The summed E-state index contributed by atoms with van der Waals surface area (Å²) in [5, 5.41) is 15.0. The third-order valence-electron chi connectivity index (χ3n) is 4.00. The first-order chi connectivity index (χ1) is 10.3. The van der Waals surface area contributed by atoms with Crippen molar-refractivity contribution >= 4 is 5.69 Å². The zero-order chi connectivity index (χ0) is 14.7. The van der Waals surface area contributed by atoms with Gasteiger partial charge in [-0.05, 0) is 54.3 Å². The lowest BCUT2D eigenvalue weighted by molar-refractivity contribution is 0.00926. The van der Waals surface area contributed by atoms with Crippen molar-refractivity contribution in [1.82, 2.24) is 20.2 Å². The van der Waals surface area contributed by atoms with Gasteiger partial charge in [0, 0.05) is 18.3 Å². The number of aromatic nitrogens is 4. The SMILES string of the molecule is CCC1CC(Nc2ccc(C)c(-n3cnnn3)c2)CCO1. The smallest absolute Gasteiger partial charge is 0.143 e. The molecule has 1 aromatic carbocycles. The van der Waals surface area contributed by atoms with Crippen LogP contribution in [0.5, 0.6) is 0 Å². The summed E-state index contributed by atoms with van der Waals surface area (Å²) < 4.78 is 7.42. The molecule has 3 rings (SSSR count). The van der Waals surface area contributed by atoms with Crippen LogP contribution in [0.25, 0.3) is 5.69 Å². The van der Waals surface area contributed by atoms with Crippen molar-refractivity contribution in [2.45, 2.75) is 45.3 Å². The largest absolute Gasteiger partial charge is 0.382 e. The molecule has 6 heteroatoms. The van der Waals surface area contributed by atoms with Crippen LogP contribution in [-0.4, -0.2) is 39.0 Å². The third kappa shape index (κ3) is 3.21. The summed E-state index contributed by atoms with van der Waals surface area (Å²) in [5.74, 6) is 0. The first-order valence-electron chi connectivity index (χ1n) is 7.48. The van der Waals surface area contributed by atoms with E-state index < -0.39 is 0 Å². The molecule has 0 aliphatic carbocycles. The normalized spacial score (nSPS) is 22.2. The summed E-state index contributed by atoms with van der Waals surface area (Å²) in [7, 11) is 0. The van der Waals surface area contributed by atoms with Crippen molar-refractivity contribution < 1.29 is 4.74 Å². The van der Waals surface area contributed by atoms with Gasteiger partial charge in [-0.3, -0.25) is 0 Å². The number of hydrogen-bond acceptors (Lipinski definition) is 5. The predicted molar refractivity (Wildman–Crippen MR) is 80.6 cm³/mol. The molecule has 6 nitrogen and oxygen atoms in total. The number of tetrazole rings is 1. The van der Waals surface area contributed by atoms with Gasteiger partial charge < -0.3 is 10.1 Å². The van der Waals surface area contributed by atoms with E-state index >= 15 is 0 Å². The lowest BCUT2D eigenvalue weighted by atomic mass is 10.0. The fourth-order valence-electron chi connectivity index (χ4n) is 2.75. The molecule has 1 aliphatic rings. The molecule has 0 saturated carbocycles. The van der Waals surface area contributed by atoms with Crippen molar-refractivity contribution in [1.29, 1.82) is 0 Å². The van der Waals surface area contributed by atoms with Crippen molar-refractivity contribution in [3.8, 4) is 5.69 Å². The molecule has 0 radical (unpaired) electrons. The van der Waals surface area contributed by atoms with Gasteiger partial charge in [-0.25, -0.2) is 4.68 Å². The van der Waals surface area contributed by atoms with Crippen LogP contribution in [0.3, 0.4) is 0 Å². The van der Waals surface area contributed by atoms with E-state index in [1.54, 1.807) is 11.0 Å². The Morgan fingerprint density at radius 3 is 3.10 bits per heavy atom. The molecule has 2 aromatic rings. The number of nitrogens with zero attached hydrogens (tertiary/aromatic N) is 4. The standard InChI is InChI=1S/C15H21N5O/c1-3-14-8-13(6-7-21-14)17-12-5-4-11(2)15(9-12)20-10-16-18-19-20/h4-5,9-10,13-14,17H,3,6-8H2,1-2H3. The molecule has 2 atom stereocenters. The van der Waals surface area contributed by atoms with Crippen LogP contribution >= 0.6 is 0 Å². The molecule has 2 unspecified atom stereocenters. The van der Waals surface area contributed by atoms with Crippen LogP contribution in [0, 0.1) is 6.92 Å². The van der Waals surface area contributed by atoms with Gasteiger partial charge in [-0.1, -0.05) is 13.0 Å². The summed E-state index contributed by atoms with van der Waals surface area (Å²) in [4.78, 5) is 0. The highest BCUT2D eigenvalue weighted by atomic mass is 16.5. The summed E-state index contributed by atoms with van der Waals surface area (Å²) in [6.07, 6.45) is 5.17. The first-order valence-corrected chi connectivity index (χ1v) is 7.48. The van der Waals surface area contributed by atoms with Crippen LogP contribution < -0.4 is 5.32 Å². The quantitative estimate of drug-likeness (QED) is 0.935. The van der Waals surface area contributed by atoms with E-state index in [4.69, 9.17) is 4.74 Å². The maximum absolute atomic E-state index is 5.73. The number of hydrogen-bond donors (Lipinski definition) is 1. The van der Waals surface area contributed by atoms with Gasteiger partial charge in [-0.15, -0.1) is 5.10 Å². The highest BCUT2D eigenvalue weighted by Gasteiger charge is 2.21. The number of rotatable bonds is 4. The van der Waals surface area contributed by atoms with E-state index in [0.29, 0.717) is 12.1 Å². The van der Waals surface area contributed by atoms with Gasteiger partial charge in [0.25, 0.3) is 0 Å². The van der Waals surface area contributed by atoms with E-state index in [1.165, 1.54) is 0 Å². The topological polar surface area (TPSA) is 64.9 Å². The van der Waals surface area contributed by atoms with Crippen molar-refractivity contribution in [2.24, 2.45) is 0 Å². The minimum Gasteiger partial charge on any atom is -0.382 e. The van der Waals surface area contributed by atoms with E-state index in [-0.39, 0.29) is 0 Å². The van der Waals surface area contributed by atoms with Gasteiger partial charge in [-0.2, -0.15) is 0 Å². The van der Waals surface area contributed by atoms with Crippen LogP contribution in [-0.2, 0) is 4.74 Å². The molecule has 1 aliphatic heterocycles. The van der Waals surface area contributed by atoms with E-state index in [9.17, 15) is 0 Å². The molecule has 0 amide bonds. The highest BCUT2D eigenvalue weighted by Crippen LogP contribution is 2.23. The van der Waals surface area contributed by atoms with E-state index in [1.807, 2.05) is 0 Å². The summed E-state index contributed by atoms with van der Waals surface area (Å²) >= 11 is 0. The highest BCUT2D eigenvalue weighted by molar-refractivity contribution is 5.55. The fraction of sp³-hybridized carbons (Fsp3) is 0.533. The molecule has 0 bridgehead atoms. The van der Waals surface area contributed by atoms with Gasteiger partial charge in [0.1, 0.15) is 6.33 Å². The maximum atomic E-state index is 5.73. The Balaban J connectivity index is 1.75. The Hall–Kier alpha value is -1.95. The first kappa shape index (κ1) is 14.0. The second-order valence-corrected chi connectivity index (χ2v) is 5.52. The molecular formula is C15H21N5O. The Bertz CT molecular complexity index is 584. The van der Waals surface area contributed by atoms with Gasteiger partial charge in [0.05, 0.1) is 11.8 Å². The average Bonchev–Trinajstić information content (AvgIpc) is 3.03. The Kier molecular flexibility index (Phi) is 4.15. The minimum atomic E-state index is 0.376. The van der Waals surface area contributed by atoms with Crippen LogP contribution in [0.1, 0.15) is 31.7 Å². The second kappa shape index (κ2) is 6.22. The van der Waals surface area contributed by atoms with Crippen molar-refractivity contribution in [3.63, 3.8) is 0 Å². The molecule has 1 aromatic heterocycles. The molecule has 2 heterocycles. The zero-order valence-electron chi connectivity index (χ0n) is 12.5. The number of aryl methyl sites for hydroxylation is 1. The van der Waals surface area contributed by atoms with Crippen molar-refractivity contribution in [2.75, 3.05) is 11.9 Å². The minimum absolute atomic E-state index is 0.376. The Labute approximate surface area is 124 Å². The third-order valence-corrected chi connectivity index (χ3v) is 4.00. The maximum Gasteiger partial charge on any atom is 0.143 e. The summed E-state index contributed by atoms with van der Waals surface area (Å²) in [6.45, 7) is 5.07. The molecular weight excluding hydrogens is 266 g/mol. The number of nitrogens with one attached hydrogen (secondary N) is 1. The Morgan fingerprint density at radius 2 is 2.33 bits per heavy atom. The molecule has 0 spiro atoms. The van der Waals surface area contributed by atoms with Gasteiger partial charge in [0.15, 0.2) is 0 Å². The van der Waals surface area contributed by atoms with Gasteiger partial charge >= 0.3 is 0 Å². The predicted octanol–water partition coefficient (Wildman–Crippen LogP) is 2.34. The number of anilines is 1. The average molecular weight is 287 g/mol. The number of ether oxygens (including phenoxy) is 1.